The van der Waals surface area contributed by atoms with Gasteiger partial charge in [0.2, 0.25) is 0 Å². The number of nitrogens with zero attached hydrogens (tertiary/aromatic N) is 1. The van der Waals surface area contributed by atoms with Crippen LogP contribution in [0, 0.1) is 0 Å². The number of hydrogen-bond donors (Lipinski definition) is 3. The van der Waals surface area contributed by atoms with Crippen LogP contribution < -0.4 is 10.9 Å². The van der Waals surface area contributed by atoms with Crippen molar-refractivity contribution in [3.8, 4) is 0 Å². The number of benzene rings is 1. The van der Waals surface area contributed by atoms with E-state index in [0.717, 1.165) is 47.4 Å². The Balaban J connectivity index is 1.68. The average molecular weight is 472 g/mol. The monoisotopic (exact) mass is 471 g/mol. The van der Waals surface area contributed by atoms with Crippen molar-refractivity contribution in [3.63, 3.8) is 0 Å². The van der Waals surface area contributed by atoms with E-state index in [1.165, 1.54) is 0 Å². The second-order valence-electron chi connectivity index (χ2n) is 7.87. The molecule has 1 unspecified atom stereocenters. The van der Waals surface area contributed by atoms with Gasteiger partial charge in [0.05, 0.1) is 6.54 Å². The van der Waals surface area contributed by atoms with Crippen LogP contribution in [0.4, 0.5) is 18.0 Å². The third-order valence-electron chi connectivity index (χ3n) is 5.49. The highest BCUT2D eigenvalue weighted by atomic mass is 35.5. The van der Waals surface area contributed by atoms with Crippen molar-refractivity contribution in [2.75, 3.05) is 13.1 Å². The van der Waals surface area contributed by atoms with Crippen LogP contribution in [-0.2, 0) is 25.8 Å². The van der Waals surface area contributed by atoms with E-state index in [2.05, 4.69) is 10.3 Å². The number of H-pyrrole nitrogens is 1. The molecular formula is C22H25ClF3N3O3. The van der Waals surface area contributed by atoms with Crippen LogP contribution in [0.25, 0.3) is 0 Å². The topological polar surface area (TPSA) is 85.4 Å². The standard InChI is InChI=1S/C22H25ClF3N3O3/c23-17-7-5-14(6-8-17)9-10-29(13-19(30)22(24,25)26)21(32)27-12-16-11-15-3-1-2-4-18(15)28-20(16)31/h5-8,11,19,30H,1-4,9-10,12-13H2,(H,27,32)(H,28,31). The van der Waals surface area contributed by atoms with Gasteiger partial charge in [-0.2, -0.15) is 13.2 Å². The minimum absolute atomic E-state index is 0.0544. The molecule has 6 nitrogen and oxygen atoms in total. The number of halogens is 4. The molecule has 10 heteroatoms. The zero-order valence-electron chi connectivity index (χ0n) is 17.3. The molecule has 0 spiro atoms. The Morgan fingerprint density at radius 1 is 1.22 bits per heavy atom. The summed E-state index contributed by atoms with van der Waals surface area (Å²) in [7, 11) is 0. The van der Waals surface area contributed by atoms with Crippen molar-refractivity contribution in [2.24, 2.45) is 0 Å². The second-order valence-corrected chi connectivity index (χ2v) is 8.31. The SMILES string of the molecule is O=C(NCc1cc2c([nH]c1=O)CCCC2)N(CCc1ccc(Cl)cc1)CC(O)C(F)(F)F. The number of amides is 2. The maximum Gasteiger partial charge on any atom is 0.416 e. The summed E-state index contributed by atoms with van der Waals surface area (Å²) in [6.45, 7) is -1.09. The molecule has 174 valence electrons. The van der Waals surface area contributed by atoms with Crippen molar-refractivity contribution in [2.45, 2.75) is 50.9 Å². The predicted molar refractivity (Wildman–Crippen MR) is 115 cm³/mol. The summed E-state index contributed by atoms with van der Waals surface area (Å²) in [5.74, 6) is 0. The first kappa shape index (κ1) is 24.1. The largest absolute Gasteiger partial charge is 0.416 e. The van der Waals surface area contributed by atoms with E-state index in [1.807, 2.05) is 0 Å². The van der Waals surface area contributed by atoms with Gasteiger partial charge < -0.3 is 20.3 Å². The van der Waals surface area contributed by atoms with Crippen LogP contribution in [0.3, 0.4) is 0 Å². The number of urea groups is 1. The number of aliphatic hydroxyl groups is 1. The Hall–Kier alpha value is -2.52. The molecular weight excluding hydrogens is 447 g/mol. The van der Waals surface area contributed by atoms with Gasteiger partial charge >= 0.3 is 12.2 Å². The number of fused-ring (bicyclic) bond motifs is 1. The first-order valence-corrected chi connectivity index (χ1v) is 10.8. The van der Waals surface area contributed by atoms with Gasteiger partial charge in [-0.1, -0.05) is 23.7 Å². The van der Waals surface area contributed by atoms with Crippen molar-refractivity contribution in [1.29, 1.82) is 0 Å². The highest BCUT2D eigenvalue weighted by Gasteiger charge is 2.40. The molecule has 1 aromatic carbocycles. The number of pyridine rings is 1. The summed E-state index contributed by atoms with van der Waals surface area (Å²) in [5.41, 5.74) is 2.71. The molecule has 0 saturated carbocycles. The van der Waals surface area contributed by atoms with Gasteiger partial charge in [-0.3, -0.25) is 4.79 Å². The number of hydrogen-bond acceptors (Lipinski definition) is 3. The van der Waals surface area contributed by atoms with Crippen LogP contribution in [0.15, 0.2) is 35.1 Å². The lowest BCUT2D eigenvalue weighted by Crippen LogP contribution is -2.48. The van der Waals surface area contributed by atoms with Gasteiger partial charge in [0.15, 0.2) is 6.10 Å². The number of carbonyl (C=O) groups is 1. The molecule has 0 bridgehead atoms. The molecule has 1 aromatic heterocycles. The average Bonchev–Trinajstić information content (AvgIpc) is 2.75. The highest BCUT2D eigenvalue weighted by Crippen LogP contribution is 2.21. The summed E-state index contributed by atoms with van der Waals surface area (Å²) < 4.78 is 38.6. The minimum atomic E-state index is -4.85. The molecule has 0 fully saturated rings. The third-order valence-corrected chi connectivity index (χ3v) is 5.74. The van der Waals surface area contributed by atoms with Gasteiger partial charge in [0.1, 0.15) is 0 Å². The molecule has 3 N–H and O–H groups in total. The summed E-state index contributed by atoms with van der Waals surface area (Å²) in [6, 6.07) is 7.68. The minimum Gasteiger partial charge on any atom is -0.382 e. The van der Waals surface area contributed by atoms with E-state index >= 15 is 0 Å². The van der Waals surface area contributed by atoms with Crippen LogP contribution in [0.5, 0.6) is 0 Å². The molecule has 1 aliphatic carbocycles. The Morgan fingerprint density at radius 2 is 1.91 bits per heavy atom. The fourth-order valence-corrected chi connectivity index (χ4v) is 3.77. The Labute approximate surface area is 188 Å². The van der Waals surface area contributed by atoms with E-state index in [4.69, 9.17) is 11.6 Å². The van der Waals surface area contributed by atoms with Gasteiger partial charge in [0, 0.05) is 29.4 Å². The predicted octanol–water partition coefficient (Wildman–Crippen LogP) is 3.58. The molecule has 0 aliphatic heterocycles. The molecule has 2 aromatic rings. The number of nitrogens with one attached hydrogen (secondary N) is 2. The summed E-state index contributed by atoms with van der Waals surface area (Å²) in [6.07, 6.45) is -3.61. The molecule has 1 heterocycles. The lowest BCUT2D eigenvalue weighted by atomic mass is 9.95. The summed E-state index contributed by atoms with van der Waals surface area (Å²) in [5, 5.41) is 12.5. The maximum atomic E-state index is 12.9. The van der Waals surface area contributed by atoms with Crippen molar-refractivity contribution >= 4 is 17.6 Å². The number of alkyl halides is 3. The number of rotatable bonds is 7. The fraction of sp³-hybridized carbons (Fsp3) is 0.455. The van der Waals surface area contributed by atoms with E-state index < -0.39 is 24.9 Å². The van der Waals surface area contributed by atoms with Gasteiger partial charge in [0.25, 0.3) is 5.56 Å². The van der Waals surface area contributed by atoms with Gasteiger partial charge in [-0.25, -0.2) is 4.79 Å². The maximum absolute atomic E-state index is 12.9. The van der Waals surface area contributed by atoms with E-state index in [0.29, 0.717) is 10.6 Å². The van der Waals surface area contributed by atoms with E-state index in [9.17, 15) is 27.9 Å². The van der Waals surface area contributed by atoms with Crippen molar-refractivity contribution < 1.29 is 23.1 Å². The molecule has 1 atom stereocenters. The number of aliphatic hydroxyl groups excluding tert-OH is 1. The van der Waals surface area contributed by atoms with Crippen molar-refractivity contribution in [3.05, 3.63) is 68.1 Å². The molecule has 3 rings (SSSR count). The number of aromatic amines is 1. The summed E-state index contributed by atoms with van der Waals surface area (Å²) in [4.78, 5) is 28.7. The number of carbonyl (C=O) groups excluding carboxylic acids is 1. The van der Waals surface area contributed by atoms with Crippen LogP contribution in [-0.4, -0.2) is 46.4 Å². The van der Waals surface area contributed by atoms with Gasteiger partial charge in [-0.05, 0) is 61.4 Å². The Morgan fingerprint density at radius 3 is 2.59 bits per heavy atom. The molecule has 0 radical (unpaired) electrons. The Bertz CT molecular complexity index is 993. The molecule has 32 heavy (non-hydrogen) atoms. The first-order valence-electron chi connectivity index (χ1n) is 10.4. The van der Waals surface area contributed by atoms with Crippen LogP contribution in [0.2, 0.25) is 5.02 Å². The lowest BCUT2D eigenvalue weighted by molar-refractivity contribution is -0.206. The van der Waals surface area contributed by atoms with Crippen LogP contribution in [0.1, 0.15) is 35.2 Å². The first-order chi connectivity index (χ1) is 15.1. The molecule has 0 saturated heterocycles. The normalized spacial score (nSPS) is 14.5. The summed E-state index contributed by atoms with van der Waals surface area (Å²) >= 11 is 5.84. The smallest absolute Gasteiger partial charge is 0.382 e. The zero-order valence-corrected chi connectivity index (χ0v) is 18.1. The molecule has 1 aliphatic rings. The second kappa shape index (κ2) is 10.4. The van der Waals surface area contributed by atoms with E-state index in [-0.39, 0.29) is 25.1 Å². The number of aryl methyl sites for hydroxylation is 2. The van der Waals surface area contributed by atoms with Gasteiger partial charge in [-0.15, -0.1) is 0 Å². The van der Waals surface area contributed by atoms with E-state index in [1.54, 1.807) is 30.3 Å². The quantitative estimate of drug-likeness (QED) is 0.577. The molecule has 2 amide bonds. The van der Waals surface area contributed by atoms with Crippen LogP contribution >= 0.6 is 11.6 Å². The number of aromatic nitrogens is 1. The highest BCUT2D eigenvalue weighted by molar-refractivity contribution is 6.30. The zero-order chi connectivity index (χ0) is 23.3. The van der Waals surface area contributed by atoms with Crippen molar-refractivity contribution in [1.82, 2.24) is 15.2 Å². The lowest BCUT2D eigenvalue weighted by Gasteiger charge is -2.27. The fourth-order valence-electron chi connectivity index (χ4n) is 3.64. The Kier molecular flexibility index (Phi) is 7.84. The third kappa shape index (κ3) is 6.49.